The summed E-state index contributed by atoms with van der Waals surface area (Å²) in [7, 11) is 0. The van der Waals surface area contributed by atoms with E-state index in [0.29, 0.717) is 18.4 Å². The molecule has 0 aliphatic heterocycles. The van der Waals surface area contributed by atoms with Crippen molar-refractivity contribution in [2.24, 2.45) is 11.8 Å². The zero-order valence-corrected chi connectivity index (χ0v) is 12.1. The van der Waals surface area contributed by atoms with Crippen molar-refractivity contribution in [1.82, 2.24) is 9.97 Å². The van der Waals surface area contributed by atoms with E-state index in [-0.39, 0.29) is 0 Å². The summed E-state index contributed by atoms with van der Waals surface area (Å²) in [4.78, 5) is 8.92. The van der Waals surface area contributed by atoms with Crippen LogP contribution in [0.5, 0.6) is 0 Å². The van der Waals surface area contributed by atoms with Crippen LogP contribution in [0.1, 0.15) is 49.8 Å². The molecule has 0 bridgehead atoms. The van der Waals surface area contributed by atoms with E-state index < -0.39 is 0 Å². The van der Waals surface area contributed by atoms with E-state index in [0.717, 1.165) is 25.2 Å². The molecule has 4 heteroatoms. The molecule has 110 valence electrons. The monoisotopic (exact) mass is 275 g/mol. The quantitative estimate of drug-likeness (QED) is 0.829. The highest BCUT2D eigenvalue weighted by Crippen LogP contribution is 2.32. The summed E-state index contributed by atoms with van der Waals surface area (Å²) in [5.41, 5.74) is 2.58. The standard InChI is InChI=1S/C16H25N3O/c20-10-13-6-4-5-12(13)9-17-16-14-7-2-1-3-8-15(14)18-11-19-16/h11-13,20H,1-10H2,(H,17,18,19). The van der Waals surface area contributed by atoms with Gasteiger partial charge >= 0.3 is 0 Å². The van der Waals surface area contributed by atoms with E-state index in [4.69, 9.17) is 0 Å². The van der Waals surface area contributed by atoms with Gasteiger partial charge in [-0.1, -0.05) is 12.8 Å². The maximum Gasteiger partial charge on any atom is 0.132 e. The lowest BCUT2D eigenvalue weighted by atomic mass is 9.97. The lowest BCUT2D eigenvalue weighted by molar-refractivity contribution is 0.199. The van der Waals surface area contributed by atoms with E-state index >= 15 is 0 Å². The van der Waals surface area contributed by atoms with Crippen LogP contribution in [0.15, 0.2) is 6.33 Å². The van der Waals surface area contributed by atoms with E-state index in [2.05, 4.69) is 15.3 Å². The number of aryl methyl sites for hydroxylation is 1. The van der Waals surface area contributed by atoms with Crippen LogP contribution in [0.3, 0.4) is 0 Å². The minimum atomic E-state index is 0.328. The van der Waals surface area contributed by atoms with Gasteiger partial charge < -0.3 is 10.4 Å². The molecule has 0 saturated heterocycles. The molecule has 1 fully saturated rings. The highest BCUT2D eigenvalue weighted by molar-refractivity contribution is 5.46. The van der Waals surface area contributed by atoms with Crippen LogP contribution >= 0.6 is 0 Å². The number of rotatable bonds is 4. The fraction of sp³-hybridized carbons (Fsp3) is 0.750. The molecule has 0 spiro atoms. The van der Waals surface area contributed by atoms with Gasteiger partial charge in [0, 0.05) is 24.4 Å². The van der Waals surface area contributed by atoms with Crippen LogP contribution in [0, 0.1) is 11.8 Å². The van der Waals surface area contributed by atoms with Gasteiger partial charge in [-0.3, -0.25) is 0 Å². The number of anilines is 1. The Balaban J connectivity index is 1.68. The summed E-state index contributed by atoms with van der Waals surface area (Å²) in [6, 6.07) is 0. The molecule has 2 atom stereocenters. The SMILES string of the molecule is OCC1CCCC1CNc1ncnc2c1CCCCC2. The van der Waals surface area contributed by atoms with Crippen molar-refractivity contribution in [2.75, 3.05) is 18.5 Å². The lowest BCUT2D eigenvalue weighted by Gasteiger charge is -2.19. The molecule has 2 unspecified atom stereocenters. The number of nitrogens with one attached hydrogen (secondary N) is 1. The third-order valence-corrected chi connectivity index (χ3v) is 4.96. The van der Waals surface area contributed by atoms with Crippen molar-refractivity contribution in [3.05, 3.63) is 17.6 Å². The van der Waals surface area contributed by atoms with Gasteiger partial charge in [-0.15, -0.1) is 0 Å². The lowest BCUT2D eigenvalue weighted by Crippen LogP contribution is -2.22. The van der Waals surface area contributed by atoms with Gasteiger partial charge in [-0.2, -0.15) is 0 Å². The molecule has 4 nitrogen and oxygen atoms in total. The highest BCUT2D eigenvalue weighted by atomic mass is 16.3. The van der Waals surface area contributed by atoms with Crippen molar-refractivity contribution < 1.29 is 5.11 Å². The Kier molecular flexibility index (Phi) is 4.51. The van der Waals surface area contributed by atoms with E-state index in [1.54, 1.807) is 6.33 Å². The first-order chi connectivity index (χ1) is 9.88. The van der Waals surface area contributed by atoms with Crippen molar-refractivity contribution >= 4 is 5.82 Å². The molecule has 2 aliphatic carbocycles. The maximum absolute atomic E-state index is 9.41. The van der Waals surface area contributed by atoms with Crippen LogP contribution in [-0.4, -0.2) is 28.2 Å². The van der Waals surface area contributed by atoms with Crippen molar-refractivity contribution in [1.29, 1.82) is 0 Å². The van der Waals surface area contributed by atoms with Gasteiger partial charge in [0.1, 0.15) is 12.1 Å². The Labute approximate surface area is 121 Å². The molecule has 0 radical (unpaired) electrons. The Bertz CT molecular complexity index is 449. The molecule has 2 aliphatic rings. The Morgan fingerprint density at radius 2 is 1.90 bits per heavy atom. The average Bonchev–Trinajstić information content (AvgIpc) is 2.80. The molecule has 1 aromatic rings. The fourth-order valence-electron chi connectivity index (χ4n) is 3.70. The van der Waals surface area contributed by atoms with Crippen LogP contribution in [0.25, 0.3) is 0 Å². The second-order valence-corrected chi connectivity index (χ2v) is 6.22. The molecular formula is C16H25N3O. The van der Waals surface area contributed by atoms with Gasteiger partial charge in [0.2, 0.25) is 0 Å². The van der Waals surface area contributed by atoms with Gasteiger partial charge in [0.05, 0.1) is 0 Å². The molecule has 3 rings (SSSR count). The number of aromatic nitrogens is 2. The van der Waals surface area contributed by atoms with Crippen molar-refractivity contribution in [3.63, 3.8) is 0 Å². The van der Waals surface area contributed by atoms with Crippen LogP contribution < -0.4 is 5.32 Å². The summed E-state index contributed by atoms with van der Waals surface area (Å²) < 4.78 is 0. The molecule has 1 aromatic heterocycles. The molecule has 20 heavy (non-hydrogen) atoms. The van der Waals surface area contributed by atoms with E-state index in [9.17, 15) is 5.11 Å². The summed E-state index contributed by atoms with van der Waals surface area (Å²) in [5.74, 6) is 2.11. The van der Waals surface area contributed by atoms with E-state index in [1.807, 2.05) is 0 Å². The molecule has 0 aromatic carbocycles. The third-order valence-electron chi connectivity index (χ3n) is 4.96. The third kappa shape index (κ3) is 2.95. The van der Waals surface area contributed by atoms with Crippen molar-refractivity contribution in [2.45, 2.75) is 51.4 Å². The fourth-order valence-corrected chi connectivity index (χ4v) is 3.70. The van der Waals surface area contributed by atoms with Crippen LogP contribution in [0.2, 0.25) is 0 Å². The molecule has 0 amide bonds. The topological polar surface area (TPSA) is 58.0 Å². The number of fused-ring (bicyclic) bond motifs is 1. The number of hydrogen-bond donors (Lipinski definition) is 2. The Hall–Kier alpha value is -1.16. The first-order valence-corrected chi connectivity index (χ1v) is 8.06. The molecule has 1 heterocycles. The molecule has 1 saturated carbocycles. The first kappa shape index (κ1) is 13.8. The smallest absolute Gasteiger partial charge is 0.132 e. The van der Waals surface area contributed by atoms with Gasteiger partial charge in [0.25, 0.3) is 0 Å². The predicted molar refractivity (Wildman–Crippen MR) is 79.7 cm³/mol. The highest BCUT2D eigenvalue weighted by Gasteiger charge is 2.26. The number of aliphatic hydroxyl groups excluding tert-OH is 1. The summed E-state index contributed by atoms with van der Waals surface area (Å²) in [6.07, 6.45) is 11.3. The minimum Gasteiger partial charge on any atom is -0.396 e. The Morgan fingerprint density at radius 1 is 1.05 bits per heavy atom. The van der Waals surface area contributed by atoms with Crippen LogP contribution in [0.4, 0.5) is 5.82 Å². The van der Waals surface area contributed by atoms with E-state index in [1.165, 1.54) is 49.8 Å². The average molecular weight is 275 g/mol. The first-order valence-electron chi connectivity index (χ1n) is 8.06. The zero-order chi connectivity index (χ0) is 13.8. The number of nitrogens with zero attached hydrogens (tertiary/aromatic N) is 2. The number of hydrogen-bond acceptors (Lipinski definition) is 4. The summed E-state index contributed by atoms with van der Waals surface area (Å²) >= 11 is 0. The second-order valence-electron chi connectivity index (χ2n) is 6.22. The zero-order valence-electron chi connectivity index (χ0n) is 12.1. The second kappa shape index (κ2) is 6.53. The molecule has 2 N–H and O–H groups in total. The maximum atomic E-state index is 9.41. The van der Waals surface area contributed by atoms with Gasteiger partial charge in [-0.05, 0) is 50.4 Å². The predicted octanol–water partition coefficient (Wildman–Crippen LogP) is 2.57. The number of aliphatic hydroxyl groups is 1. The van der Waals surface area contributed by atoms with Crippen molar-refractivity contribution in [3.8, 4) is 0 Å². The summed E-state index contributed by atoms with van der Waals surface area (Å²) in [6.45, 7) is 1.27. The minimum absolute atomic E-state index is 0.328. The largest absolute Gasteiger partial charge is 0.396 e. The Morgan fingerprint density at radius 3 is 2.80 bits per heavy atom. The molecular weight excluding hydrogens is 250 g/mol. The normalized spacial score (nSPS) is 26.1. The van der Waals surface area contributed by atoms with Crippen LogP contribution in [-0.2, 0) is 12.8 Å². The van der Waals surface area contributed by atoms with Gasteiger partial charge in [0.15, 0.2) is 0 Å². The summed E-state index contributed by atoms with van der Waals surface area (Å²) in [5, 5.41) is 13.0. The van der Waals surface area contributed by atoms with Gasteiger partial charge in [-0.25, -0.2) is 9.97 Å².